The van der Waals surface area contributed by atoms with E-state index in [0.29, 0.717) is 80.7 Å². The molecule has 0 saturated carbocycles. The molecule has 2 aromatic carbocycles. The van der Waals surface area contributed by atoms with Crippen molar-refractivity contribution in [3.8, 4) is 11.5 Å². The molecule has 2 saturated heterocycles. The molecule has 6 rings (SSSR count). The van der Waals surface area contributed by atoms with E-state index in [1.807, 2.05) is 37.3 Å². The number of anilines is 2. The van der Waals surface area contributed by atoms with Gasteiger partial charge in [-0.15, -0.1) is 12.4 Å². The Balaban J connectivity index is 0.00000400. The second-order valence-electron chi connectivity index (χ2n) is 11.7. The van der Waals surface area contributed by atoms with Gasteiger partial charge in [-0.2, -0.15) is 4.98 Å². The van der Waals surface area contributed by atoms with E-state index in [2.05, 4.69) is 23.6 Å². The summed E-state index contributed by atoms with van der Waals surface area (Å²) in [5.74, 6) is 2.86. The summed E-state index contributed by atoms with van der Waals surface area (Å²) >= 11 is 0. The molecule has 0 bridgehead atoms. The minimum absolute atomic E-state index is 0. The fourth-order valence-corrected chi connectivity index (χ4v) is 6.16. The molecule has 0 N–H and O–H groups in total. The lowest BCUT2D eigenvalue weighted by Gasteiger charge is -2.35. The van der Waals surface area contributed by atoms with Crippen LogP contribution in [-0.4, -0.2) is 71.7 Å². The van der Waals surface area contributed by atoms with Crippen LogP contribution in [0.5, 0.6) is 11.5 Å². The molecular formula is C33H43ClN6O5. The van der Waals surface area contributed by atoms with Crippen LogP contribution in [0.4, 0.5) is 11.8 Å². The van der Waals surface area contributed by atoms with Crippen molar-refractivity contribution < 1.29 is 14.2 Å². The van der Waals surface area contributed by atoms with Crippen molar-refractivity contribution in [1.29, 1.82) is 0 Å². The summed E-state index contributed by atoms with van der Waals surface area (Å²) < 4.78 is 20.9. The van der Waals surface area contributed by atoms with Crippen LogP contribution < -0.4 is 30.5 Å². The lowest BCUT2D eigenvalue weighted by Crippen LogP contribution is -2.45. The van der Waals surface area contributed by atoms with E-state index in [9.17, 15) is 9.59 Å². The van der Waals surface area contributed by atoms with Crippen LogP contribution in [-0.2, 0) is 11.8 Å². The first-order valence-corrected chi connectivity index (χ1v) is 15.8. The molecule has 0 amide bonds. The molecule has 0 atom stereocenters. The Bertz CT molecular complexity index is 1780. The molecule has 0 unspecified atom stereocenters. The van der Waals surface area contributed by atoms with Crippen molar-refractivity contribution in [1.82, 2.24) is 19.1 Å². The van der Waals surface area contributed by atoms with Crippen LogP contribution in [0, 0.1) is 6.92 Å². The monoisotopic (exact) mass is 638 g/mol. The quantitative estimate of drug-likeness (QED) is 0.260. The summed E-state index contributed by atoms with van der Waals surface area (Å²) in [7, 11) is 1.74. The Kier molecular flexibility index (Phi) is 10.2. The summed E-state index contributed by atoms with van der Waals surface area (Å²) in [5.41, 5.74) is 1.95. The third kappa shape index (κ3) is 6.46. The smallest absolute Gasteiger partial charge is 0.331 e. The van der Waals surface area contributed by atoms with Gasteiger partial charge in [-0.1, -0.05) is 25.5 Å². The predicted octanol–water partition coefficient (Wildman–Crippen LogP) is 4.63. The minimum atomic E-state index is -0.274. The first kappa shape index (κ1) is 32.6. The lowest BCUT2D eigenvalue weighted by molar-refractivity contribution is 0.122. The molecule has 12 heteroatoms. The van der Waals surface area contributed by atoms with Crippen molar-refractivity contribution in [2.24, 2.45) is 7.05 Å². The van der Waals surface area contributed by atoms with Crippen molar-refractivity contribution in [2.45, 2.75) is 52.5 Å². The Morgan fingerprint density at radius 2 is 1.53 bits per heavy atom. The number of piperidine rings is 1. The van der Waals surface area contributed by atoms with E-state index < -0.39 is 0 Å². The molecule has 2 aliphatic rings. The number of hydrogen-bond acceptors (Lipinski definition) is 9. The van der Waals surface area contributed by atoms with Crippen LogP contribution in [0.2, 0.25) is 0 Å². The number of rotatable bonds is 9. The normalized spacial score (nSPS) is 15.8. The molecule has 45 heavy (non-hydrogen) atoms. The number of fused-ring (bicyclic) bond motifs is 2. The van der Waals surface area contributed by atoms with Crippen LogP contribution in [0.25, 0.3) is 21.8 Å². The van der Waals surface area contributed by atoms with Gasteiger partial charge in [0.1, 0.15) is 5.82 Å². The molecule has 4 heterocycles. The zero-order valence-corrected chi connectivity index (χ0v) is 27.4. The Hall–Kier alpha value is -3.83. The molecule has 0 spiro atoms. The third-order valence-corrected chi connectivity index (χ3v) is 8.53. The molecule has 2 fully saturated rings. The highest BCUT2D eigenvalue weighted by Crippen LogP contribution is 2.38. The van der Waals surface area contributed by atoms with Gasteiger partial charge in [0.2, 0.25) is 5.95 Å². The Labute approximate surface area is 269 Å². The number of aryl methyl sites for hydroxylation is 2. The van der Waals surface area contributed by atoms with E-state index in [-0.39, 0.29) is 29.7 Å². The zero-order chi connectivity index (χ0) is 30.8. The molecular weight excluding hydrogens is 596 g/mol. The summed E-state index contributed by atoms with van der Waals surface area (Å²) in [4.78, 5) is 41.5. The average Bonchev–Trinajstić information content (AvgIpc) is 3.05. The highest BCUT2D eigenvalue weighted by atomic mass is 35.5. The van der Waals surface area contributed by atoms with Gasteiger partial charge in [-0.3, -0.25) is 13.9 Å². The van der Waals surface area contributed by atoms with Gasteiger partial charge >= 0.3 is 5.69 Å². The maximum Gasteiger partial charge on any atom is 0.331 e. The lowest BCUT2D eigenvalue weighted by atomic mass is 10.0. The second kappa shape index (κ2) is 14.1. The molecule has 2 aliphatic heterocycles. The van der Waals surface area contributed by atoms with Crippen molar-refractivity contribution in [2.75, 3.05) is 62.4 Å². The maximum absolute atomic E-state index is 13.6. The maximum atomic E-state index is 13.6. The first-order valence-electron chi connectivity index (χ1n) is 15.8. The third-order valence-electron chi connectivity index (χ3n) is 8.53. The van der Waals surface area contributed by atoms with Crippen LogP contribution in [0.1, 0.15) is 51.1 Å². The predicted molar refractivity (Wildman–Crippen MR) is 180 cm³/mol. The van der Waals surface area contributed by atoms with Crippen molar-refractivity contribution in [3.05, 3.63) is 56.7 Å². The standard InChI is InChI=1S/C33H42N6O5.ClH/c1-5-15-43-28-20-24-26(21-29(28)44-16-6-2)34-32(38-13-17-42-18-14-38)35-30(24)37-11-9-23(10-12-37)39-31(40)25-19-22(3)7-8-27(25)36(4)33(39)41;/h7-8,19-21,23H,5-6,9-18H2,1-4H3;1H. The molecule has 4 aromatic rings. The number of benzene rings is 2. The van der Waals surface area contributed by atoms with Gasteiger partial charge < -0.3 is 24.0 Å². The van der Waals surface area contributed by atoms with Gasteiger partial charge in [-0.25, -0.2) is 9.78 Å². The molecule has 11 nitrogen and oxygen atoms in total. The second-order valence-corrected chi connectivity index (χ2v) is 11.7. The van der Waals surface area contributed by atoms with E-state index in [1.165, 1.54) is 4.57 Å². The molecule has 242 valence electrons. The highest BCUT2D eigenvalue weighted by molar-refractivity contribution is 5.93. The molecule has 2 aromatic heterocycles. The number of nitrogens with zero attached hydrogens (tertiary/aromatic N) is 6. The van der Waals surface area contributed by atoms with Crippen molar-refractivity contribution in [3.63, 3.8) is 0 Å². The van der Waals surface area contributed by atoms with E-state index >= 15 is 0 Å². The van der Waals surface area contributed by atoms with Gasteiger partial charge in [0.15, 0.2) is 11.5 Å². The highest BCUT2D eigenvalue weighted by Gasteiger charge is 2.28. The number of morpholine rings is 1. The van der Waals surface area contributed by atoms with E-state index in [4.69, 9.17) is 24.2 Å². The number of ether oxygens (including phenoxy) is 3. The van der Waals surface area contributed by atoms with E-state index in [0.717, 1.165) is 48.2 Å². The fourth-order valence-electron chi connectivity index (χ4n) is 6.16. The summed E-state index contributed by atoms with van der Waals surface area (Å²) in [5, 5.41) is 1.47. The fraction of sp³-hybridized carbons (Fsp3) is 0.515. The van der Waals surface area contributed by atoms with Gasteiger partial charge in [0.25, 0.3) is 5.56 Å². The number of halogens is 1. The van der Waals surface area contributed by atoms with Crippen LogP contribution in [0.15, 0.2) is 39.9 Å². The Morgan fingerprint density at radius 1 is 0.867 bits per heavy atom. The summed E-state index contributed by atoms with van der Waals surface area (Å²) in [6.45, 7) is 11.3. The van der Waals surface area contributed by atoms with Crippen LogP contribution >= 0.6 is 12.4 Å². The zero-order valence-electron chi connectivity index (χ0n) is 26.6. The SMILES string of the molecule is CCCOc1cc2nc(N3CCOCC3)nc(N3CCC(n4c(=O)c5cc(C)ccc5n(C)c4=O)CC3)c2cc1OCCC.Cl. The number of hydrogen-bond donors (Lipinski definition) is 0. The van der Waals surface area contributed by atoms with E-state index in [1.54, 1.807) is 11.6 Å². The average molecular weight is 639 g/mol. The summed E-state index contributed by atoms with van der Waals surface area (Å²) in [6, 6.07) is 9.43. The molecule has 0 aliphatic carbocycles. The molecule has 0 radical (unpaired) electrons. The number of aromatic nitrogens is 4. The van der Waals surface area contributed by atoms with Crippen molar-refractivity contribution >= 4 is 46.0 Å². The minimum Gasteiger partial charge on any atom is -0.490 e. The van der Waals surface area contributed by atoms with Gasteiger partial charge in [0, 0.05) is 50.7 Å². The Morgan fingerprint density at radius 3 is 2.20 bits per heavy atom. The van der Waals surface area contributed by atoms with Gasteiger partial charge in [0.05, 0.1) is 42.8 Å². The largest absolute Gasteiger partial charge is 0.490 e. The van der Waals surface area contributed by atoms with Crippen LogP contribution in [0.3, 0.4) is 0 Å². The first-order chi connectivity index (χ1) is 21.4. The summed E-state index contributed by atoms with van der Waals surface area (Å²) in [6.07, 6.45) is 3.05. The topological polar surface area (TPSA) is 104 Å². The van der Waals surface area contributed by atoms with Gasteiger partial charge in [-0.05, 0) is 50.8 Å².